The number of nitro benzene ring substituents is 1. The van der Waals surface area contributed by atoms with Crippen molar-refractivity contribution in [2.75, 3.05) is 18.4 Å². The van der Waals surface area contributed by atoms with Crippen LogP contribution in [0, 0.1) is 10.1 Å². The molecule has 0 bridgehead atoms. The van der Waals surface area contributed by atoms with Crippen molar-refractivity contribution in [2.24, 2.45) is 0 Å². The molecule has 8 heteroatoms. The van der Waals surface area contributed by atoms with Crippen LogP contribution in [0.2, 0.25) is 0 Å². The predicted molar refractivity (Wildman–Crippen MR) is 82.9 cm³/mol. The lowest BCUT2D eigenvalue weighted by Crippen LogP contribution is -2.22. The Morgan fingerprint density at radius 2 is 1.95 bits per heavy atom. The summed E-state index contributed by atoms with van der Waals surface area (Å²) in [4.78, 5) is 23.5. The summed E-state index contributed by atoms with van der Waals surface area (Å²) < 4.78 is 0. The van der Waals surface area contributed by atoms with Crippen LogP contribution in [0.4, 0.5) is 11.4 Å². The Labute approximate surface area is 129 Å². The number of phenolic OH excluding ortho intramolecular Hbond substituents is 1. The van der Waals surface area contributed by atoms with Crippen LogP contribution in [0.1, 0.15) is 26.3 Å². The maximum atomic E-state index is 11.1. The number of hydrogen-bond acceptors (Lipinski definition) is 5. The number of rotatable bonds is 6. The Balaban J connectivity index is 0.00000400. The first-order valence-corrected chi connectivity index (χ1v) is 6.39. The molecule has 7 nitrogen and oxygen atoms in total. The predicted octanol–water partition coefficient (Wildman–Crippen LogP) is 2.52. The second kappa shape index (κ2) is 8.43. The molecule has 2 N–H and O–H groups in total. The normalized spacial score (nSPS) is 10.1. The molecule has 118 valence electrons. The number of hydrogen-bond donors (Lipinski definition) is 2. The first-order valence-electron chi connectivity index (χ1n) is 6.39. The molecule has 0 atom stereocenters. The van der Waals surface area contributed by atoms with Crippen LogP contribution >= 0.6 is 12.4 Å². The quantitative estimate of drug-likeness (QED) is 0.477. The summed E-state index contributed by atoms with van der Waals surface area (Å²) in [5, 5.41) is 23.5. The second-order valence-corrected chi connectivity index (χ2v) is 4.40. The Morgan fingerprint density at radius 3 is 2.38 bits per heavy atom. The Kier molecular flexibility index (Phi) is 7.69. The van der Waals surface area contributed by atoms with Gasteiger partial charge in [0.15, 0.2) is 0 Å². The van der Waals surface area contributed by atoms with Gasteiger partial charge >= 0.3 is 0 Å². The van der Waals surface area contributed by atoms with Crippen LogP contribution in [0.5, 0.6) is 5.75 Å². The summed E-state index contributed by atoms with van der Waals surface area (Å²) >= 11 is 0. The fourth-order valence-electron chi connectivity index (χ4n) is 1.88. The molecule has 0 saturated carbocycles. The molecule has 0 fully saturated rings. The van der Waals surface area contributed by atoms with E-state index in [0.29, 0.717) is 12.1 Å². The molecule has 1 aromatic rings. The lowest BCUT2D eigenvalue weighted by atomic mass is 10.1. The van der Waals surface area contributed by atoms with Gasteiger partial charge in [0, 0.05) is 31.2 Å². The second-order valence-electron chi connectivity index (χ2n) is 4.40. The lowest BCUT2D eigenvalue weighted by Gasteiger charge is -2.19. The van der Waals surface area contributed by atoms with E-state index in [2.05, 4.69) is 5.32 Å². The van der Waals surface area contributed by atoms with Gasteiger partial charge in [-0.15, -0.1) is 12.4 Å². The van der Waals surface area contributed by atoms with E-state index in [1.807, 2.05) is 18.7 Å². The molecule has 0 saturated heterocycles. The first-order chi connectivity index (χ1) is 9.38. The molecule has 0 aromatic heterocycles. The molecule has 0 spiro atoms. The van der Waals surface area contributed by atoms with E-state index in [4.69, 9.17) is 0 Å². The van der Waals surface area contributed by atoms with Gasteiger partial charge in [0.1, 0.15) is 5.75 Å². The topological polar surface area (TPSA) is 95.7 Å². The third kappa shape index (κ3) is 5.20. The van der Waals surface area contributed by atoms with Crippen molar-refractivity contribution >= 4 is 29.7 Å². The van der Waals surface area contributed by atoms with E-state index < -0.39 is 10.8 Å². The highest BCUT2D eigenvalue weighted by molar-refractivity contribution is 5.91. The van der Waals surface area contributed by atoms with Gasteiger partial charge in [-0.1, -0.05) is 13.8 Å². The average molecular weight is 318 g/mol. The van der Waals surface area contributed by atoms with Crippen LogP contribution in [0.3, 0.4) is 0 Å². The molecule has 0 aliphatic heterocycles. The van der Waals surface area contributed by atoms with E-state index in [1.165, 1.54) is 13.0 Å². The van der Waals surface area contributed by atoms with Gasteiger partial charge in [0.05, 0.1) is 10.6 Å². The van der Waals surface area contributed by atoms with Crippen molar-refractivity contribution in [3.63, 3.8) is 0 Å². The highest BCUT2D eigenvalue weighted by atomic mass is 35.5. The number of nitrogens with one attached hydrogen (secondary N) is 1. The number of anilines is 1. The zero-order valence-electron chi connectivity index (χ0n) is 12.3. The molecule has 21 heavy (non-hydrogen) atoms. The summed E-state index contributed by atoms with van der Waals surface area (Å²) in [7, 11) is 0. The smallest absolute Gasteiger partial charge is 0.272 e. The maximum Gasteiger partial charge on any atom is 0.272 e. The van der Waals surface area contributed by atoms with E-state index in [9.17, 15) is 20.0 Å². The fraction of sp³-hybridized carbons (Fsp3) is 0.462. The van der Waals surface area contributed by atoms with E-state index in [-0.39, 0.29) is 29.5 Å². The molecule has 1 aromatic carbocycles. The van der Waals surface area contributed by atoms with Crippen LogP contribution < -0.4 is 5.32 Å². The number of nitrogens with zero attached hydrogens (tertiary/aromatic N) is 2. The highest BCUT2D eigenvalue weighted by Crippen LogP contribution is 2.33. The van der Waals surface area contributed by atoms with Gasteiger partial charge in [-0.3, -0.25) is 19.8 Å². The van der Waals surface area contributed by atoms with Crippen molar-refractivity contribution in [1.82, 2.24) is 4.90 Å². The number of carbonyl (C=O) groups is 1. The fourth-order valence-corrected chi connectivity index (χ4v) is 1.88. The first kappa shape index (κ1) is 19.1. The number of amides is 1. The zero-order valence-corrected chi connectivity index (χ0v) is 13.1. The van der Waals surface area contributed by atoms with E-state index >= 15 is 0 Å². The highest BCUT2D eigenvalue weighted by Gasteiger charge is 2.18. The zero-order chi connectivity index (χ0) is 15.3. The average Bonchev–Trinajstić information content (AvgIpc) is 2.38. The molecule has 0 aliphatic carbocycles. The Bertz CT molecular complexity index is 518. The minimum atomic E-state index is -0.545. The monoisotopic (exact) mass is 317 g/mol. The molecule has 1 rings (SSSR count). The van der Waals surface area contributed by atoms with Gasteiger partial charge in [0.2, 0.25) is 5.91 Å². The molecule has 0 aliphatic rings. The van der Waals surface area contributed by atoms with Gasteiger partial charge in [-0.2, -0.15) is 0 Å². The third-order valence-corrected chi connectivity index (χ3v) is 2.98. The summed E-state index contributed by atoms with van der Waals surface area (Å²) in [6, 6.07) is 2.49. The van der Waals surface area contributed by atoms with Crippen LogP contribution in [0.25, 0.3) is 0 Å². The molecular weight excluding hydrogens is 298 g/mol. The summed E-state index contributed by atoms with van der Waals surface area (Å²) in [5.74, 6) is -0.521. The Morgan fingerprint density at radius 1 is 1.38 bits per heavy atom. The van der Waals surface area contributed by atoms with Crippen LogP contribution in [-0.4, -0.2) is 33.9 Å². The van der Waals surface area contributed by atoms with Crippen molar-refractivity contribution < 1.29 is 14.8 Å². The molecule has 0 radical (unpaired) electrons. The van der Waals surface area contributed by atoms with Gasteiger partial charge in [-0.25, -0.2) is 0 Å². The van der Waals surface area contributed by atoms with Crippen molar-refractivity contribution in [2.45, 2.75) is 27.3 Å². The minimum Gasteiger partial charge on any atom is -0.505 e. The van der Waals surface area contributed by atoms with Crippen LogP contribution in [0.15, 0.2) is 12.1 Å². The standard InChI is InChI=1S/C13H19N3O4.ClH/c1-4-15(5-2)8-10-6-11(16(19)20)7-12(13(10)18)14-9(3)17;/h6-7,18H,4-5,8H2,1-3H3,(H,14,17);1H. The number of benzene rings is 1. The number of aromatic hydroxyl groups is 1. The van der Waals surface area contributed by atoms with E-state index in [0.717, 1.165) is 19.2 Å². The van der Waals surface area contributed by atoms with Crippen molar-refractivity contribution in [3.8, 4) is 5.75 Å². The molecule has 0 unspecified atom stereocenters. The maximum absolute atomic E-state index is 11.1. The van der Waals surface area contributed by atoms with Gasteiger partial charge in [0.25, 0.3) is 5.69 Å². The number of phenols is 1. The Hall–Kier alpha value is -1.86. The van der Waals surface area contributed by atoms with Crippen molar-refractivity contribution in [3.05, 3.63) is 27.8 Å². The lowest BCUT2D eigenvalue weighted by molar-refractivity contribution is -0.384. The number of non-ortho nitro benzene ring substituents is 1. The van der Waals surface area contributed by atoms with Crippen molar-refractivity contribution in [1.29, 1.82) is 0 Å². The number of halogens is 1. The third-order valence-electron chi connectivity index (χ3n) is 2.98. The minimum absolute atomic E-state index is 0. The van der Waals surface area contributed by atoms with Gasteiger partial charge < -0.3 is 10.4 Å². The summed E-state index contributed by atoms with van der Waals surface area (Å²) in [6.07, 6.45) is 0. The van der Waals surface area contributed by atoms with E-state index in [1.54, 1.807) is 0 Å². The molecule has 0 heterocycles. The SMILES string of the molecule is CCN(CC)Cc1cc([N+](=O)[O-])cc(NC(C)=O)c1O.Cl. The molecule has 1 amide bonds. The number of carbonyl (C=O) groups excluding carboxylic acids is 1. The number of nitro groups is 1. The summed E-state index contributed by atoms with van der Waals surface area (Å²) in [5.41, 5.74) is 0.328. The molecular formula is C13H20ClN3O4. The van der Waals surface area contributed by atoms with Crippen LogP contribution in [-0.2, 0) is 11.3 Å². The van der Waals surface area contributed by atoms with Gasteiger partial charge in [-0.05, 0) is 13.1 Å². The summed E-state index contributed by atoms with van der Waals surface area (Å²) in [6.45, 7) is 7.11. The largest absolute Gasteiger partial charge is 0.505 e.